The molecule has 1 spiro atoms. The Morgan fingerprint density at radius 2 is 1.77 bits per heavy atom. The molecule has 2 aliphatic rings. The predicted octanol–water partition coefficient (Wildman–Crippen LogP) is 3.24. The van der Waals surface area contributed by atoms with E-state index in [9.17, 15) is 0 Å². The van der Waals surface area contributed by atoms with Crippen LogP contribution < -0.4 is 0 Å². The van der Waals surface area contributed by atoms with Gasteiger partial charge in [0, 0.05) is 5.41 Å². The van der Waals surface area contributed by atoms with Gasteiger partial charge >= 0.3 is 0 Å². The largest absolute Gasteiger partial charge is 0.0728 e. The van der Waals surface area contributed by atoms with Crippen LogP contribution in [0.2, 0.25) is 0 Å². The molecule has 0 bridgehead atoms. The van der Waals surface area contributed by atoms with Crippen molar-refractivity contribution in [3.8, 4) is 0 Å². The Balaban J connectivity index is 2.19. The summed E-state index contributed by atoms with van der Waals surface area (Å²) in [5.41, 5.74) is 3.39. The van der Waals surface area contributed by atoms with Gasteiger partial charge in [0.15, 0.2) is 0 Å². The molecule has 0 heteroatoms. The second kappa shape index (κ2) is 2.06. The highest BCUT2D eigenvalue weighted by Crippen LogP contribution is 2.63. The molecule has 13 heavy (non-hydrogen) atoms. The molecule has 0 amide bonds. The fourth-order valence-corrected chi connectivity index (χ4v) is 2.96. The number of benzene rings is 1. The van der Waals surface area contributed by atoms with Crippen molar-refractivity contribution in [2.24, 2.45) is 11.8 Å². The smallest absolute Gasteiger partial charge is 0.0198 e. The van der Waals surface area contributed by atoms with E-state index in [0.29, 0.717) is 5.41 Å². The molecule has 2 aliphatic carbocycles. The zero-order valence-electron chi connectivity index (χ0n) is 8.12. The van der Waals surface area contributed by atoms with Crippen LogP contribution in [0.3, 0.4) is 0 Å². The Morgan fingerprint density at radius 3 is 2.46 bits per heavy atom. The zero-order chi connectivity index (χ0) is 9.05. The second-order valence-corrected chi connectivity index (χ2v) is 4.43. The van der Waals surface area contributed by atoms with Crippen molar-refractivity contribution in [3.05, 3.63) is 41.5 Å². The van der Waals surface area contributed by atoms with Crippen LogP contribution in [0, 0.1) is 11.8 Å². The van der Waals surface area contributed by atoms with Crippen LogP contribution in [0.4, 0.5) is 0 Å². The lowest BCUT2D eigenvalue weighted by Gasteiger charge is -2.09. The van der Waals surface area contributed by atoms with Gasteiger partial charge < -0.3 is 0 Å². The van der Waals surface area contributed by atoms with Crippen molar-refractivity contribution in [1.82, 2.24) is 0 Å². The molecule has 0 N–H and O–H groups in total. The summed E-state index contributed by atoms with van der Waals surface area (Å²) in [4.78, 5) is 0. The zero-order valence-corrected chi connectivity index (χ0v) is 8.12. The Labute approximate surface area is 79.3 Å². The molecule has 1 aromatic carbocycles. The van der Waals surface area contributed by atoms with Crippen molar-refractivity contribution in [3.63, 3.8) is 0 Å². The first-order chi connectivity index (χ1) is 6.27. The van der Waals surface area contributed by atoms with Gasteiger partial charge in [0.05, 0.1) is 0 Å². The molecule has 0 saturated heterocycles. The molecule has 0 aromatic heterocycles. The maximum atomic E-state index is 2.41. The van der Waals surface area contributed by atoms with E-state index in [1.165, 1.54) is 5.56 Å². The SMILES string of the molecule is C[C@H]1[C@H](C)C12C=Cc1ccccc12. The highest BCUT2D eigenvalue weighted by atomic mass is 14.6. The molecular weight excluding hydrogens is 156 g/mol. The third kappa shape index (κ3) is 0.680. The van der Waals surface area contributed by atoms with Gasteiger partial charge in [-0.1, -0.05) is 50.3 Å². The lowest BCUT2D eigenvalue weighted by Crippen LogP contribution is -2.03. The van der Waals surface area contributed by atoms with E-state index in [4.69, 9.17) is 0 Å². The van der Waals surface area contributed by atoms with Gasteiger partial charge in [-0.3, -0.25) is 0 Å². The fraction of sp³-hybridized carbons (Fsp3) is 0.385. The van der Waals surface area contributed by atoms with E-state index in [-0.39, 0.29) is 0 Å². The van der Waals surface area contributed by atoms with E-state index in [0.717, 1.165) is 11.8 Å². The van der Waals surface area contributed by atoms with E-state index in [2.05, 4.69) is 50.3 Å². The van der Waals surface area contributed by atoms with Crippen molar-refractivity contribution in [2.45, 2.75) is 19.3 Å². The molecule has 66 valence electrons. The number of rotatable bonds is 0. The van der Waals surface area contributed by atoms with Crippen molar-refractivity contribution >= 4 is 6.08 Å². The number of hydrogen-bond donors (Lipinski definition) is 0. The lowest BCUT2D eigenvalue weighted by atomic mass is 9.94. The highest BCUT2D eigenvalue weighted by Gasteiger charge is 2.60. The Kier molecular flexibility index (Phi) is 1.17. The van der Waals surface area contributed by atoms with Crippen LogP contribution in [0.15, 0.2) is 30.3 Å². The molecule has 0 nitrogen and oxygen atoms in total. The van der Waals surface area contributed by atoms with E-state index < -0.39 is 0 Å². The first kappa shape index (κ1) is 7.37. The summed E-state index contributed by atoms with van der Waals surface area (Å²) in [6, 6.07) is 8.79. The molecular formula is C13H14. The molecule has 0 radical (unpaired) electrons. The summed E-state index contributed by atoms with van der Waals surface area (Å²) >= 11 is 0. The quantitative estimate of drug-likeness (QED) is 0.560. The maximum absolute atomic E-state index is 2.41. The number of hydrogen-bond acceptors (Lipinski definition) is 0. The van der Waals surface area contributed by atoms with Gasteiger partial charge in [0.1, 0.15) is 0 Å². The van der Waals surface area contributed by atoms with Gasteiger partial charge in [-0.2, -0.15) is 0 Å². The molecule has 0 heterocycles. The summed E-state index contributed by atoms with van der Waals surface area (Å²) in [5.74, 6) is 1.65. The third-order valence-corrected chi connectivity index (χ3v) is 4.11. The summed E-state index contributed by atoms with van der Waals surface area (Å²) in [7, 11) is 0. The van der Waals surface area contributed by atoms with Gasteiger partial charge in [-0.15, -0.1) is 0 Å². The minimum absolute atomic E-state index is 0.413. The first-order valence-corrected chi connectivity index (χ1v) is 5.05. The molecule has 1 aromatic rings. The van der Waals surface area contributed by atoms with Gasteiger partial charge in [0.2, 0.25) is 0 Å². The molecule has 1 saturated carbocycles. The minimum atomic E-state index is 0.413. The van der Waals surface area contributed by atoms with Gasteiger partial charge in [-0.25, -0.2) is 0 Å². The Morgan fingerprint density at radius 1 is 1.08 bits per heavy atom. The molecule has 0 aliphatic heterocycles. The van der Waals surface area contributed by atoms with Crippen molar-refractivity contribution in [2.75, 3.05) is 0 Å². The van der Waals surface area contributed by atoms with Crippen LogP contribution in [0.5, 0.6) is 0 Å². The summed E-state index contributed by atoms with van der Waals surface area (Å²) in [5, 5.41) is 0. The van der Waals surface area contributed by atoms with Crippen LogP contribution >= 0.6 is 0 Å². The van der Waals surface area contributed by atoms with Crippen molar-refractivity contribution in [1.29, 1.82) is 0 Å². The van der Waals surface area contributed by atoms with Crippen LogP contribution in [0.25, 0.3) is 6.08 Å². The number of allylic oxidation sites excluding steroid dienone is 1. The molecule has 3 rings (SSSR count). The Bertz CT molecular complexity index is 379. The first-order valence-electron chi connectivity index (χ1n) is 5.05. The normalized spacial score (nSPS) is 39.5. The highest BCUT2D eigenvalue weighted by molar-refractivity contribution is 5.68. The molecule has 0 unspecified atom stereocenters. The van der Waals surface area contributed by atoms with Crippen LogP contribution in [-0.4, -0.2) is 0 Å². The fourth-order valence-electron chi connectivity index (χ4n) is 2.96. The third-order valence-electron chi connectivity index (χ3n) is 4.11. The van der Waals surface area contributed by atoms with E-state index in [1.807, 2.05) is 0 Å². The lowest BCUT2D eigenvalue weighted by molar-refractivity contribution is 0.780. The maximum Gasteiger partial charge on any atom is 0.0198 e. The monoisotopic (exact) mass is 170 g/mol. The summed E-state index contributed by atoms with van der Waals surface area (Å²) in [6.45, 7) is 4.72. The average molecular weight is 170 g/mol. The number of fused-ring (bicyclic) bond motifs is 2. The minimum Gasteiger partial charge on any atom is -0.0728 e. The van der Waals surface area contributed by atoms with Crippen molar-refractivity contribution < 1.29 is 0 Å². The van der Waals surface area contributed by atoms with E-state index in [1.54, 1.807) is 5.56 Å². The average Bonchev–Trinajstić information content (AvgIpc) is 2.59. The van der Waals surface area contributed by atoms with E-state index >= 15 is 0 Å². The Hall–Kier alpha value is -1.04. The second-order valence-electron chi connectivity index (χ2n) is 4.43. The standard InChI is InChI=1S/C13H14/c1-9-10(2)13(9)8-7-11-5-3-4-6-12(11)13/h3-10H,1-2H3/t9-,10-/m0/s1. The predicted molar refractivity (Wildman–Crippen MR) is 55.5 cm³/mol. The summed E-state index contributed by atoms with van der Waals surface area (Å²) < 4.78 is 0. The van der Waals surface area contributed by atoms with Crippen LogP contribution in [0.1, 0.15) is 25.0 Å². The topological polar surface area (TPSA) is 0 Å². The summed E-state index contributed by atoms with van der Waals surface area (Å²) in [6.07, 6.45) is 4.70. The molecule has 2 atom stereocenters. The van der Waals surface area contributed by atoms with Gasteiger partial charge in [-0.05, 0) is 23.0 Å². The van der Waals surface area contributed by atoms with Gasteiger partial charge in [0.25, 0.3) is 0 Å². The van der Waals surface area contributed by atoms with Crippen LogP contribution in [-0.2, 0) is 5.41 Å². The molecule has 1 fully saturated rings.